The van der Waals surface area contributed by atoms with Crippen LogP contribution < -0.4 is 5.73 Å². The maximum Gasteiger partial charge on any atom is 0.343 e. The third-order valence-electron chi connectivity index (χ3n) is 3.00. The number of nitrogen functional groups attached to an aromatic ring is 1. The van der Waals surface area contributed by atoms with E-state index in [0.29, 0.717) is 11.6 Å². The van der Waals surface area contributed by atoms with Crippen molar-refractivity contribution in [2.75, 3.05) is 12.8 Å². The quantitative estimate of drug-likeness (QED) is 0.764. The van der Waals surface area contributed by atoms with Crippen LogP contribution in [0.5, 0.6) is 0 Å². The van der Waals surface area contributed by atoms with Gasteiger partial charge in [0, 0.05) is 5.92 Å². The number of aryl methyl sites for hydroxylation is 1. The maximum absolute atomic E-state index is 11.4. The monoisotopic (exact) mass is 221 g/mol. The number of nitrogens with zero attached hydrogens (tertiary/aromatic N) is 2. The summed E-state index contributed by atoms with van der Waals surface area (Å²) in [5.41, 5.74) is 6.64. The number of carbonyl (C=O) groups is 1. The largest absolute Gasteiger partial charge is 0.465 e. The Morgan fingerprint density at radius 3 is 2.56 bits per heavy atom. The van der Waals surface area contributed by atoms with Gasteiger partial charge < -0.3 is 10.5 Å². The summed E-state index contributed by atoms with van der Waals surface area (Å²) in [5.74, 6) is 0.915. The zero-order chi connectivity index (χ0) is 11.7. The number of carbonyl (C=O) groups excluding carboxylic acids is 1. The van der Waals surface area contributed by atoms with Crippen molar-refractivity contribution in [2.24, 2.45) is 0 Å². The van der Waals surface area contributed by atoms with E-state index in [4.69, 9.17) is 5.73 Å². The molecule has 2 N–H and O–H groups in total. The number of esters is 1. The van der Waals surface area contributed by atoms with Crippen LogP contribution in [0.3, 0.4) is 0 Å². The van der Waals surface area contributed by atoms with Gasteiger partial charge in [-0.15, -0.1) is 0 Å². The minimum Gasteiger partial charge on any atom is -0.465 e. The van der Waals surface area contributed by atoms with Crippen LogP contribution in [-0.4, -0.2) is 23.0 Å². The molecule has 0 saturated heterocycles. The first kappa shape index (κ1) is 10.9. The van der Waals surface area contributed by atoms with Crippen LogP contribution in [0.2, 0.25) is 0 Å². The number of ether oxygens (including phenoxy) is 1. The Kier molecular flexibility index (Phi) is 2.77. The molecule has 1 aromatic heterocycles. The Morgan fingerprint density at radius 2 is 2.12 bits per heavy atom. The number of methoxy groups -OCH3 is 1. The fourth-order valence-electron chi connectivity index (χ4n) is 1.82. The first-order chi connectivity index (χ1) is 7.63. The summed E-state index contributed by atoms with van der Waals surface area (Å²) in [6, 6.07) is 0. The standard InChI is InChI=1S/C11H15N3O2/c1-6-8(11(15)16-2)9(12)14-10(13-6)7-4-3-5-7/h7H,3-5H2,1-2H3,(H2,12,13,14). The van der Waals surface area contributed by atoms with Gasteiger partial charge in [-0.2, -0.15) is 0 Å². The molecule has 0 atom stereocenters. The lowest BCUT2D eigenvalue weighted by atomic mass is 9.85. The van der Waals surface area contributed by atoms with Crippen LogP contribution in [0.1, 0.15) is 47.1 Å². The van der Waals surface area contributed by atoms with Crippen molar-refractivity contribution in [3.63, 3.8) is 0 Å². The lowest BCUT2D eigenvalue weighted by Crippen LogP contribution is -2.18. The van der Waals surface area contributed by atoms with Gasteiger partial charge in [0.15, 0.2) is 0 Å². The number of nitrogens with two attached hydrogens (primary N) is 1. The summed E-state index contributed by atoms with van der Waals surface area (Å²) in [4.78, 5) is 20.0. The van der Waals surface area contributed by atoms with Crippen molar-refractivity contribution >= 4 is 11.8 Å². The van der Waals surface area contributed by atoms with Crippen molar-refractivity contribution in [2.45, 2.75) is 32.1 Å². The van der Waals surface area contributed by atoms with Gasteiger partial charge in [0.1, 0.15) is 17.2 Å². The molecule has 5 nitrogen and oxygen atoms in total. The van der Waals surface area contributed by atoms with Gasteiger partial charge in [0.25, 0.3) is 0 Å². The molecule has 0 aromatic carbocycles. The first-order valence-electron chi connectivity index (χ1n) is 5.35. The summed E-state index contributed by atoms with van der Waals surface area (Å²) < 4.78 is 4.64. The van der Waals surface area contributed by atoms with Gasteiger partial charge in [-0.3, -0.25) is 0 Å². The molecule has 1 aliphatic rings. The molecule has 1 saturated carbocycles. The molecule has 0 radical (unpaired) electrons. The van der Waals surface area contributed by atoms with Gasteiger partial charge in [-0.05, 0) is 19.8 Å². The third kappa shape index (κ3) is 1.73. The molecule has 1 aromatic rings. The molecule has 0 aliphatic heterocycles. The van der Waals surface area contributed by atoms with E-state index in [2.05, 4.69) is 14.7 Å². The molecule has 0 spiro atoms. The number of rotatable bonds is 2. The number of anilines is 1. The molecule has 2 rings (SSSR count). The number of aromatic nitrogens is 2. The minimum atomic E-state index is -0.477. The highest BCUT2D eigenvalue weighted by Gasteiger charge is 2.25. The van der Waals surface area contributed by atoms with Crippen LogP contribution in [0.15, 0.2) is 0 Å². The lowest BCUT2D eigenvalue weighted by Gasteiger charge is -2.24. The second-order valence-electron chi connectivity index (χ2n) is 4.05. The Balaban J connectivity index is 2.38. The van der Waals surface area contributed by atoms with E-state index in [1.807, 2.05) is 0 Å². The highest BCUT2D eigenvalue weighted by Crippen LogP contribution is 2.35. The molecule has 86 valence electrons. The minimum absolute atomic E-state index is 0.223. The summed E-state index contributed by atoms with van der Waals surface area (Å²) in [5, 5.41) is 0. The Morgan fingerprint density at radius 1 is 1.44 bits per heavy atom. The van der Waals surface area contributed by atoms with Crippen LogP contribution in [-0.2, 0) is 4.74 Å². The van der Waals surface area contributed by atoms with Crippen LogP contribution in [0.4, 0.5) is 5.82 Å². The van der Waals surface area contributed by atoms with Crippen molar-refractivity contribution in [3.8, 4) is 0 Å². The molecule has 16 heavy (non-hydrogen) atoms. The molecule has 1 heterocycles. The average molecular weight is 221 g/mol. The lowest BCUT2D eigenvalue weighted by molar-refractivity contribution is 0.0600. The zero-order valence-electron chi connectivity index (χ0n) is 9.49. The highest BCUT2D eigenvalue weighted by molar-refractivity contribution is 5.95. The molecular weight excluding hydrogens is 206 g/mol. The molecule has 5 heteroatoms. The molecule has 0 bridgehead atoms. The van der Waals surface area contributed by atoms with Crippen LogP contribution >= 0.6 is 0 Å². The molecule has 0 amide bonds. The summed E-state index contributed by atoms with van der Waals surface area (Å²) >= 11 is 0. The van der Waals surface area contributed by atoms with Crippen molar-refractivity contribution in [3.05, 3.63) is 17.1 Å². The second-order valence-corrected chi connectivity index (χ2v) is 4.05. The van der Waals surface area contributed by atoms with Gasteiger partial charge in [0.05, 0.1) is 12.8 Å². The molecule has 1 aliphatic carbocycles. The van der Waals surface area contributed by atoms with E-state index in [9.17, 15) is 4.79 Å². The number of hydrogen-bond donors (Lipinski definition) is 1. The van der Waals surface area contributed by atoms with Crippen molar-refractivity contribution < 1.29 is 9.53 Å². The first-order valence-corrected chi connectivity index (χ1v) is 5.35. The van der Waals surface area contributed by atoms with Gasteiger partial charge >= 0.3 is 5.97 Å². The maximum atomic E-state index is 11.4. The molecule has 0 unspecified atom stereocenters. The van der Waals surface area contributed by atoms with E-state index in [0.717, 1.165) is 18.7 Å². The predicted octanol–water partition coefficient (Wildman–Crippen LogP) is 1.42. The van der Waals surface area contributed by atoms with E-state index in [1.54, 1.807) is 6.92 Å². The summed E-state index contributed by atoms with van der Waals surface area (Å²) in [7, 11) is 1.32. The normalized spacial score (nSPS) is 15.6. The van der Waals surface area contributed by atoms with Gasteiger partial charge in [0.2, 0.25) is 0 Å². The number of hydrogen-bond acceptors (Lipinski definition) is 5. The fraction of sp³-hybridized carbons (Fsp3) is 0.545. The second kappa shape index (κ2) is 4.08. The van der Waals surface area contributed by atoms with Crippen molar-refractivity contribution in [1.29, 1.82) is 0 Å². The Bertz CT molecular complexity index is 404. The van der Waals surface area contributed by atoms with E-state index in [-0.39, 0.29) is 11.4 Å². The van der Waals surface area contributed by atoms with Crippen LogP contribution in [0.25, 0.3) is 0 Å². The third-order valence-corrected chi connectivity index (χ3v) is 3.00. The SMILES string of the molecule is COC(=O)c1c(C)nc(C2CCC2)nc1N. The van der Waals surface area contributed by atoms with Crippen molar-refractivity contribution in [1.82, 2.24) is 9.97 Å². The summed E-state index contributed by atoms with van der Waals surface area (Å²) in [6.45, 7) is 1.76. The average Bonchev–Trinajstić information content (AvgIpc) is 2.13. The summed E-state index contributed by atoms with van der Waals surface area (Å²) in [6.07, 6.45) is 3.43. The molecular formula is C11H15N3O2. The Hall–Kier alpha value is -1.65. The smallest absolute Gasteiger partial charge is 0.343 e. The van der Waals surface area contributed by atoms with E-state index < -0.39 is 5.97 Å². The predicted molar refractivity (Wildman–Crippen MR) is 59.1 cm³/mol. The van der Waals surface area contributed by atoms with Crippen LogP contribution in [0, 0.1) is 6.92 Å². The van der Waals surface area contributed by atoms with Gasteiger partial charge in [-0.1, -0.05) is 6.42 Å². The van der Waals surface area contributed by atoms with Gasteiger partial charge in [-0.25, -0.2) is 14.8 Å². The van der Waals surface area contributed by atoms with E-state index in [1.165, 1.54) is 13.5 Å². The molecule has 1 fully saturated rings. The fourth-order valence-corrected chi connectivity index (χ4v) is 1.82. The van der Waals surface area contributed by atoms with E-state index >= 15 is 0 Å². The zero-order valence-corrected chi connectivity index (χ0v) is 9.49. The highest BCUT2D eigenvalue weighted by atomic mass is 16.5. The Labute approximate surface area is 94.0 Å². The topological polar surface area (TPSA) is 78.1 Å².